The van der Waals surface area contributed by atoms with Crippen LogP contribution in [0.3, 0.4) is 0 Å². The first-order valence-electron chi connectivity index (χ1n) is 10.9. The molecule has 0 radical (unpaired) electrons. The Balaban J connectivity index is 1.44. The maximum Gasteiger partial charge on any atom is 0.343 e. The maximum atomic E-state index is 13.3. The van der Waals surface area contributed by atoms with E-state index in [1.54, 1.807) is 11.0 Å². The van der Waals surface area contributed by atoms with Crippen LogP contribution in [-0.2, 0) is 5.41 Å². The van der Waals surface area contributed by atoms with E-state index in [-0.39, 0.29) is 36.4 Å². The molecule has 10 N–H and O–H groups in total. The van der Waals surface area contributed by atoms with Crippen LogP contribution in [0.5, 0.6) is 5.75 Å². The average molecular weight is 444 g/mol. The number of hydrogen-bond acceptors (Lipinski definition) is 9. The van der Waals surface area contributed by atoms with E-state index in [2.05, 4.69) is 34.5 Å². The Bertz CT molecular complexity index is 1020. The smallest absolute Gasteiger partial charge is 0.343 e. The number of rotatable bonds is 3. The summed E-state index contributed by atoms with van der Waals surface area (Å²) in [5.74, 6) is 0.844. The van der Waals surface area contributed by atoms with E-state index in [1.165, 1.54) is 0 Å². The van der Waals surface area contributed by atoms with Gasteiger partial charge in [-0.25, -0.2) is 10.3 Å². The molecule has 2 unspecified atom stereocenters. The fourth-order valence-corrected chi connectivity index (χ4v) is 5.51. The SMILES string of the molecule is CC1(C)CCOc2c(C(=O)NC3CN4C(N)=N[C@@H](CN)[C@@H]5[NH+]=C(N)NC54[C@@H]3O)cccc21. The van der Waals surface area contributed by atoms with Gasteiger partial charge in [-0.3, -0.25) is 15.5 Å². The average Bonchev–Trinajstić information content (AvgIpc) is 3.24. The summed E-state index contributed by atoms with van der Waals surface area (Å²) in [5.41, 5.74) is 18.5. The van der Waals surface area contributed by atoms with Crippen molar-refractivity contribution >= 4 is 17.8 Å². The predicted molar refractivity (Wildman–Crippen MR) is 118 cm³/mol. The summed E-state index contributed by atoms with van der Waals surface area (Å²) in [6, 6.07) is 4.21. The van der Waals surface area contributed by atoms with E-state index in [1.807, 2.05) is 12.1 Å². The van der Waals surface area contributed by atoms with Gasteiger partial charge in [-0.2, -0.15) is 0 Å². The second kappa shape index (κ2) is 6.97. The summed E-state index contributed by atoms with van der Waals surface area (Å²) in [5, 5.41) is 17.5. The fourth-order valence-electron chi connectivity index (χ4n) is 5.51. The Morgan fingerprint density at radius 1 is 1.44 bits per heavy atom. The van der Waals surface area contributed by atoms with Crippen molar-refractivity contribution in [2.75, 3.05) is 19.7 Å². The van der Waals surface area contributed by atoms with E-state index in [9.17, 15) is 9.90 Å². The summed E-state index contributed by atoms with van der Waals surface area (Å²) in [6.45, 7) is 5.33. The molecule has 4 aliphatic rings. The predicted octanol–water partition coefficient (Wildman–Crippen LogP) is -3.76. The molecule has 1 fully saturated rings. The number of benzene rings is 1. The number of nitrogens with two attached hydrogens (primary N) is 3. The van der Waals surface area contributed by atoms with Crippen LogP contribution in [-0.4, -0.2) is 77.4 Å². The zero-order valence-electron chi connectivity index (χ0n) is 18.3. The molecule has 1 spiro atoms. The molecule has 1 aromatic rings. The molecule has 11 heteroatoms. The molecule has 0 saturated carbocycles. The minimum Gasteiger partial charge on any atom is -0.492 e. The molecule has 1 saturated heterocycles. The first-order valence-corrected chi connectivity index (χ1v) is 10.9. The lowest BCUT2D eigenvalue weighted by Crippen LogP contribution is -2.88. The molecule has 172 valence electrons. The second-order valence-electron chi connectivity index (χ2n) is 9.58. The molecular formula is C21H31N8O3+. The number of hydrogen-bond donors (Lipinski definition) is 7. The van der Waals surface area contributed by atoms with Crippen LogP contribution in [0, 0.1) is 0 Å². The molecule has 32 heavy (non-hydrogen) atoms. The lowest BCUT2D eigenvalue weighted by atomic mass is 9.79. The van der Waals surface area contributed by atoms with Crippen molar-refractivity contribution in [3.8, 4) is 5.75 Å². The zero-order chi connectivity index (χ0) is 22.8. The molecule has 1 aromatic carbocycles. The Morgan fingerprint density at radius 2 is 2.22 bits per heavy atom. The summed E-state index contributed by atoms with van der Waals surface area (Å²) < 4.78 is 5.90. The number of nitrogens with zero attached hydrogens (tertiary/aromatic N) is 2. The number of carbonyl (C=O) groups excluding carboxylic acids is 1. The minimum absolute atomic E-state index is 0.0848. The van der Waals surface area contributed by atoms with Gasteiger partial charge in [0.1, 0.15) is 17.9 Å². The number of para-hydroxylation sites is 1. The first-order chi connectivity index (χ1) is 15.2. The van der Waals surface area contributed by atoms with Gasteiger partial charge in [0.2, 0.25) is 5.66 Å². The Kier molecular flexibility index (Phi) is 4.54. The Hall–Kier alpha value is -3.05. The number of aliphatic hydroxyl groups excluding tert-OH is 1. The quantitative estimate of drug-likeness (QED) is 0.249. The highest BCUT2D eigenvalue weighted by Gasteiger charge is 2.68. The van der Waals surface area contributed by atoms with Crippen LogP contribution < -0.4 is 37.6 Å². The molecule has 0 aliphatic carbocycles. The molecule has 0 aromatic heterocycles. The molecule has 11 nitrogen and oxygen atoms in total. The topological polar surface area (TPSA) is 178 Å². The normalized spacial score (nSPS) is 34.3. The summed E-state index contributed by atoms with van der Waals surface area (Å²) in [4.78, 5) is 22.7. The number of guanidine groups is 2. The highest BCUT2D eigenvalue weighted by molar-refractivity contribution is 5.98. The third-order valence-corrected chi connectivity index (χ3v) is 7.26. The van der Waals surface area contributed by atoms with E-state index in [4.69, 9.17) is 21.9 Å². The van der Waals surface area contributed by atoms with Crippen molar-refractivity contribution in [3.63, 3.8) is 0 Å². The van der Waals surface area contributed by atoms with E-state index in [0.717, 1.165) is 12.0 Å². The molecule has 5 rings (SSSR count). The van der Waals surface area contributed by atoms with Crippen molar-refractivity contribution in [3.05, 3.63) is 29.3 Å². The fraction of sp³-hybridized carbons (Fsp3) is 0.571. The number of aliphatic imine (C=N–C) groups is 1. The second-order valence-corrected chi connectivity index (χ2v) is 9.58. The van der Waals surface area contributed by atoms with Gasteiger partial charge < -0.3 is 31.5 Å². The third kappa shape index (κ3) is 2.77. The van der Waals surface area contributed by atoms with Gasteiger partial charge in [0, 0.05) is 18.7 Å². The summed E-state index contributed by atoms with van der Waals surface area (Å²) in [6.07, 6.45) is -0.145. The van der Waals surface area contributed by atoms with Gasteiger partial charge in [-0.15, -0.1) is 0 Å². The van der Waals surface area contributed by atoms with E-state index < -0.39 is 23.9 Å². The molecular weight excluding hydrogens is 412 g/mol. The van der Waals surface area contributed by atoms with E-state index in [0.29, 0.717) is 23.9 Å². The lowest BCUT2D eigenvalue weighted by Gasteiger charge is -2.43. The number of fused-ring (bicyclic) bond motifs is 1. The first kappa shape index (κ1) is 20.8. The van der Waals surface area contributed by atoms with Gasteiger partial charge in [0.15, 0.2) is 12.0 Å². The van der Waals surface area contributed by atoms with Crippen LogP contribution in [0.1, 0.15) is 36.2 Å². The minimum atomic E-state index is -1.05. The van der Waals surface area contributed by atoms with Gasteiger partial charge in [0.05, 0.1) is 18.2 Å². The third-order valence-electron chi connectivity index (χ3n) is 7.26. The molecule has 4 heterocycles. The highest BCUT2D eigenvalue weighted by Crippen LogP contribution is 2.40. The van der Waals surface area contributed by atoms with Crippen molar-refractivity contribution in [2.45, 2.75) is 55.6 Å². The molecule has 5 atom stereocenters. The zero-order valence-corrected chi connectivity index (χ0v) is 18.3. The van der Waals surface area contributed by atoms with Crippen molar-refractivity contribution in [2.24, 2.45) is 22.2 Å². The number of aliphatic hydroxyl groups is 1. The summed E-state index contributed by atoms with van der Waals surface area (Å²) in [7, 11) is 0. The lowest BCUT2D eigenvalue weighted by molar-refractivity contribution is -0.513. The van der Waals surface area contributed by atoms with Crippen LogP contribution in [0.15, 0.2) is 23.2 Å². The Morgan fingerprint density at radius 3 is 2.97 bits per heavy atom. The van der Waals surface area contributed by atoms with Gasteiger partial charge in [-0.05, 0) is 17.9 Å². The van der Waals surface area contributed by atoms with Gasteiger partial charge in [-0.1, -0.05) is 26.0 Å². The summed E-state index contributed by atoms with van der Waals surface area (Å²) >= 11 is 0. The monoisotopic (exact) mass is 443 g/mol. The number of carbonyl (C=O) groups is 1. The number of nitrogens with one attached hydrogen (secondary N) is 3. The van der Waals surface area contributed by atoms with Crippen LogP contribution in [0.2, 0.25) is 0 Å². The van der Waals surface area contributed by atoms with Crippen LogP contribution in [0.25, 0.3) is 0 Å². The highest BCUT2D eigenvalue weighted by atomic mass is 16.5. The Labute approximate surface area is 186 Å². The van der Waals surface area contributed by atoms with Crippen LogP contribution >= 0.6 is 0 Å². The van der Waals surface area contributed by atoms with Crippen LogP contribution in [0.4, 0.5) is 0 Å². The molecule has 0 bridgehead atoms. The molecule has 1 amide bonds. The van der Waals surface area contributed by atoms with Gasteiger partial charge >= 0.3 is 5.96 Å². The van der Waals surface area contributed by atoms with Crippen molar-refractivity contribution < 1.29 is 19.6 Å². The van der Waals surface area contributed by atoms with Crippen molar-refractivity contribution in [1.82, 2.24) is 15.5 Å². The number of amides is 1. The van der Waals surface area contributed by atoms with Gasteiger partial charge in [0.25, 0.3) is 5.91 Å². The maximum absolute atomic E-state index is 13.3. The number of ether oxygens (including phenoxy) is 1. The standard InChI is InChI=1S/C21H30N8O3/c1-20(2)6-7-32-14-10(4-3-5-11(14)20)17(31)25-13-9-29-19(24)26-12(8-22)15-21(29,16(13)30)28-18(23)27-15/h3-5,12-13,15-16,30H,6-9,22H2,1-2H3,(H2,24,26)(H,25,31)(H3,23,27,28)/p+1/t12-,13?,15-,16+,21?/m0/s1. The van der Waals surface area contributed by atoms with E-state index >= 15 is 0 Å². The molecule has 4 aliphatic heterocycles. The van der Waals surface area contributed by atoms with Crippen molar-refractivity contribution in [1.29, 1.82) is 0 Å². The largest absolute Gasteiger partial charge is 0.492 e.